The summed E-state index contributed by atoms with van der Waals surface area (Å²) in [6, 6.07) is 6.30. The van der Waals surface area contributed by atoms with Crippen molar-refractivity contribution >= 4 is 27.2 Å². The predicted octanol–water partition coefficient (Wildman–Crippen LogP) is 2.36. The number of benzene rings is 1. The molecule has 0 aliphatic carbocycles. The summed E-state index contributed by atoms with van der Waals surface area (Å²) in [5.74, 6) is -0.492. The second-order valence-electron chi connectivity index (χ2n) is 4.23. The fourth-order valence-electron chi connectivity index (χ4n) is 1.62. The minimum atomic E-state index is -3.47. The van der Waals surface area contributed by atoms with Gasteiger partial charge in [-0.25, -0.2) is 8.42 Å². The molecule has 0 aliphatic heterocycles. The van der Waals surface area contributed by atoms with Crippen LogP contribution in [0.3, 0.4) is 0 Å². The number of Topliss-reactive ketones (excluding diaryl/α,β-unsaturated/α-hetero) is 1. The van der Waals surface area contributed by atoms with Crippen LogP contribution in [0.1, 0.15) is 23.7 Å². The molecule has 4 nitrogen and oxygen atoms in total. The Bertz CT molecular complexity index is 539. The van der Waals surface area contributed by atoms with Crippen molar-refractivity contribution in [3.05, 3.63) is 34.9 Å². The first-order valence-electron chi connectivity index (χ1n) is 5.89. The van der Waals surface area contributed by atoms with Crippen molar-refractivity contribution in [3.63, 3.8) is 0 Å². The van der Waals surface area contributed by atoms with Crippen molar-refractivity contribution < 1.29 is 17.9 Å². The third-order valence-electron chi connectivity index (χ3n) is 2.79. The number of carbonyl (C=O) groups excluding carboxylic acids is 1. The topological polar surface area (TPSA) is 60.4 Å². The zero-order valence-electron chi connectivity index (χ0n) is 10.9. The molecular weight excluding hydrogens is 288 g/mol. The number of hydrogen-bond acceptors (Lipinski definition) is 4. The summed E-state index contributed by atoms with van der Waals surface area (Å²) < 4.78 is 28.8. The summed E-state index contributed by atoms with van der Waals surface area (Å²) >= 11 is 5.79. The van der Waals surface area contributed by atoms with Crippen molar-refractivity contribution in [1.29, 1.82) is 0 Å². The Morgan fingerprint density at radius 2 is 2.11 bits per heavy atom. The molecule has 0 spiro atoms. The van der Waals surface area contributed by atoms with Crippen molar-refractivity contribution in [2.75, 3.05) is 19.5 Å². The number of methoxy groups -OCH3 is 1. The second kappa shape index (κ2) is 7.03. The van der Waals surface area contributed by atoms with Gasteiger partial charge in [0.1, 0.15) is 5.25 Å². The number of ketones is 1. The molecule has 1 unspecified atom stereocenters. The molecule has 0 N–H and O–H groups in total. The molecule has 19 heavy (non-hydrogen) atoms. The van der Waals surface area contributed by atoms with Crippen molar-refractivity contribution in [2.24, 2.45) is 0 Å². The molecule has 0 radical (unpaired) electrons. The zero-order valence-corrected chi connectivity index (χ0v) is 12.5. The van der Waals surface area contributed by atoms with E-state index in [9.17, 15) is 13.2 Å². The molecule has 0 heterocycles. The van der Waals surface area contributed by atoms with Gasteiger partial charge in [0.2, 0.25) is 0 Å². The molecule has 106 valence electrons. The van der Waals surface area contributed by atoms with Crippen molar-refractivity contribution in [1.82, 2.24) is 0 Å². The Morgan fingerprint density at radius 1 is 1.42 bits per heavy atom. The number of hydrogen-bond donors (Lipinski definition) is 0. The fraction of sp³-hybridized carbons (Fsp3) is 0.462. The zero-order chi connectivity index (χ0) is 14.5. The van der Waals surface area contributed by atoms with E-state index in [1.165, 1.54) is 20.1 Å². The Morgan fingerprint density at radius 3 is 2.68 bits per heavy atom. The van der Waals surface area contributed by atoms with Crippen LogP contribution in [0.25, 0.3) is 0 Å². The molecule has 0 saturated heterocycles. The van der Waals surface area contributed by atoms with Crippen LogP contribution in [-0.2, 0) is 14.6 Å². The number of rotatable bonds is 7. The predicted molar refractivity (Wildman–Crippen MR) is 75.5 cm³/mol. The van der Waals surface area contributed by atoms with Gasteiger partial charge in [0.25, 0.3) is 0 Å². The van der Waals surface area contributed by atoms with E-state index < -0.39 is 20.9 Å². The van der Waals surface area contributed by atoms with E-state index in [1.807, 2.05) is 0 Å². The molecule has 1 atom stereocenters. The first-order valence-corrected chi connectivity index (χ1v) is 7.98. The van der Waals surface area contributed by atoms with E-state index in [0.717, 1.165) is 0 Å². The van der Waals surface area contributed by atoms with Crippen LogP contribution >= 0.6 is 11.6 Å². The highest BCUT2D eigenvalue weighted by Gasteiger charge is 2.28. The molecule has 1 aromatic carbocycles. The number of sulfone groups is 1. The highest BCUT2D eigenvalue weighted by molar-refractivity contribution is 7.92. The summed E-state index contributed by atoms with van der Waals surface area (Å²) in [5.41, 5.74) is 0.315. The third-order valence-corrected chi connectivity index (χ3v) is 5.18. The highest BCUT2D eigenvalue weighted by atomic mass is 35.5. The van der Waals surface area contributed by atoms with Crippen LogP contribution in [-0.4, -0.2) is 38.9 Å². The van der Waals surface area contributed by atoms with E-state index in [-0.39, 0.29) is 5.75 Å². The summed E-state index contributed by atoms with van der Waals surface area (Å²) in [5, 5.41) is -0.655. The summed E-state index contributed by atoms with van der Waals surface area (Å²) in [7, 11) is -1.96. The molecule has 0 amide bonds. The Kier molecular flexibility index (Phi) is 5.97. The number of carbonyl (C=O) groups is 1. The fourth-order valence-corrected chi connectivity index (χ4v) is 3.15. The maximum absolute atomic E-state index is 12.1. The van der Waals surface area contributed by atoms with Gasteiger partial charge in [0.05, 0.1) is 5.75 Å². The molecular formula is C13H17ClO4S. The molecule has 6 heteroatoms. The molecule has 0 aromatic heterocycles. The van der Waals surface area contributed by atoms with Crippen LogP contribution < -0.4 is 0 Å². The van der Waals surface area contributed by atoms with Gasteiger partial charge in [0, 0.05) is 24.3 Å². The maximum Gasteiger partial charge on any atom is 0.180 e. The van der Waals surface area contributed by atoms with E-state index in [0.29, 0.717) is 23.6 Å². The van der Waals surface area contributed by atoms with Crippen LogP contribution in [0.5, 0.6) is 0 Å². The van der Waals surface area contributed by atoms with Gasteiger partial charge in [-0.1, -0.05) is 23.7 Å². The lowest BCUT2D eigenvalue weighted by Crippen LogP contribution is -2.30. The van der Waals surface area contributed by atoms with Crippen LogP contribution in [0, 0.1) is 0 Å². The first kappa shape index (κ1) is 16.1. The molecule has 1 rings (SSSR count). The average molecular weight is 305 g/mol. The van der Waals surface area contributed by atoms with E-state index in [4.69, 9.17) is 16.3 Å². The van der Waals surface area contributed by atoms with Gasteiger partial charge in [-0.15, -0.1) is 0 Å². The van der Waals surface area contributed by atoms with Gasteiger partial charge in [0.15, 0.2) is 15.6 Å². The SMILES string of the molecule is COCCCS(=O)(=O)C(C)C(=O)c1cccc(Cl)c1. The van der Waals surface area contributed by atoms with Gasteiger partial charge in [-0.05, 0) is 25.5 Å². The summed E-state index contributed by atoms with van der Waals surface area (Å²) in [6.45, 7) is 1.77. The molecule has 1 aromatic rings. The van der Waals surface area contributed by atoms with E-state index in [2.05, 4.69) is 0 Å². The van der Waals surface area contributed by atoms with Crippen LogP contribution in [0.4, 0.5) is 0 Å². The minimum Gasteiger partial charge on any atom is -0.385 e. The average Bonchev–Trinajstić information content (AvgIpc) is 2.37. The summed E-state index contributed by atoms with van der Waals surface area (Å²) in [6.07, 6.45) is 0.381. The van der Waals surface area contributed by atoms with Gasteiger partial charge in [-0.3, -0.25) is 4.79 Å². The van der Waals surface area contributed by atoms with E-state index >= 15 is 0 Å². The normalized spacial score (nSPS) is 13.2. The third kappa shape index (κ3) is 4.60. The van der Waals surface area contributed by atoms with Crippen LogP contribution in [0.2, 0.25) is 5.02 Å². The lowest BCUT2D eigenvalue weighted by Gasteiger charge is -2.12. The maximum atomic E-state index is 12.1. The smallest absolute Gasteiger partial charge is 0.180 e. The molecule has 0 saturated carbocycles. The Hall–Kier alpha value is -0.910. The molecule has 0 fully saturated rings. The quantitative estimate of drug-likeness (QED) is 0.573. The number of halogens is 1. The largest absolute Gasteiger partial charge is 0.385 e. The van der Waals surface area contributed by atoms with E-state index in [1.54, 1.807) is 18.2 Å². The van der Waals surface area contributed by atoms with Crippen molar-refractivity contribution in [2.45, 2.75) is 18.6 Å². The monoisotopic (exact) mass is 304 g/mol. The molecule has 0 aliphatic rings. The van der Waals surface area contributed by atoms with Crippen LogP contribution in [0.15, 0.2) is 24.3 Å². The van der Waals surface area contributed by atoms with Gasteiger partial charge in [-0.2, -0.15) is 0 Å². The lowest BCUT2D eigenvalue weighted by molar-refractivity contribution is 0.0991. The lowest BCUT2D eigenvalue weighted by atomic mass is 10.1. The number of ether oxygens (including phenoxy) is 1. The summed E-state index contributed by atoms with van der Waals surface area (Å²) in [4.78, 5) is 12.1. The Labute approximate surface area is 118 Å². The standard InChI is InChI=1S/C13H17ClO4S/c1-10(19(16,17)8-4-7-18-2)13(15)11-5-3-6-12(14)9-11/h3,5-6,9-10H,4,7-8H2,1-2H3. The minimum absolute atomic E-state index is 0.0612. The first-order chi connectivity index (χ1) is 8.88. The highest BCUT2D eigenvalue weighted by Crippen LogP contribution is 2.16. The Balaban J connectivity index is 2.82. The van der Waals surface area contributed by atoms with Gasteiger partial charge >= 0.3 is 0 Å². The second-order valence-corrected chi connectivity index (χ2v) is 7.11. The van der Waals surface area contributed by atoms with Gasteiger partial charge < -0.3 is 4.74 Å². The molecule has 0 bridgehead atoms. The van der Waals surface area contributed by atoms with Crippen molar-refractivity contribution in [3.8, 4) is 0 Å².